The molecule has 0 saturated carbocycles. The van der Waals surface area contributed by atoms with Gasteiger partial charge >= 0.3 is 0 Å². The maximum atomic E-state index is 13.6. The molecule has 2 aliphatic rings. The predicted octanol–water partition coefficient (Wildman–Crippen LogP) is 4.51. The third-order valence-electron chi connectivity index (χ3n) is 6.76. The van der Waals surface area contributed by atoms with E-state index in [1.807, 2.05) is 17.0 Å². The van der Waals surface area contributed by atoms with Gasteiger partial charge < -0.3 is 9.80 Å². The SMILES string of the molecule is O=C(c1cccnc1N1CCCC1)N1CCN(C(c2ccc(F)cc2)c2ccc(F)cc2)CC1. The number of hydrogen-bond donors (Lipinski definition) is 0. The normalized spacial score (nSPS) is 16.9. The molecule has 0 N–H and O–H groups in total. The molecule has 0 spiro atoms. The van der Waals surface area contributed by atoms with E-state index < -0.39 is 0 Å². The molecule has 176 valence electrons. The van der Waals surface area contributed by atoms with Crippen molar-refractivity contribution in [3.05, 3.63) is 95.2 Å². The number of anilines is 1. The fourth-order valence-electron chi connectivity index (χ4n) is 5.00. The molecule has 0 atom stereocenters. The second-order valence-corrected chi connectivity index (χ2v) is 8.90. The van der Waals surface area contributed by atoms with Gasteiger partial charge in [0.2, 0.25) is 0 Å². The molecule has 0 radical (unpaired) electrons. The van der Waals surface area contributed by atoms with Gasteiger partial charge in [0.15, 0.2) is 0 Å². The number of rotatable bonds is 5. The van der Waals surface area contributed by atoms with Crippen LogP contribution in [0.3, 0.4) is 0 Å². The Labute approximate surface area is 198 Å². The van der Waals surface area contributed by atoms with E-state index in [0.717, 1.165) is 42.9 Å². The molecule has 1 aromatic heterocycles. The van der Waals surface area contributed by atoms with E-state index >= 15 is 0 Å². The molecule has 5 rings (SSSR count). The number of carbonyl (C=O) groups is 1. The number of nitrogens with zero attached hydrogens (tertiary/aromatic N) is 4. The Bertz CT molecular complexity index is 1080. The topological polar surface area (TPSA) is 39.7 Å². The van der Waals surface area contributed by atoms with Crippen LogP contribution in [0.1, 0.15) is 40.4 Å². The molecule has 0 unspecified atom stereocenters. The van der Waals surface area contributed by atoms with Gasteiger partial charge in [-0.15, -0.1) is 0 Å². The number of pyridine rings is 1. The molecular weight excluding hydrogens is 434 g/mol. The molecule has 0 bridgehead atoms. The maximum Gasteiger partial charge on any atom is 0.257 e. The van der Waals surface area contributed by atoms with Crippen LogP contribution in [-0.4, -0.2) is 60.0 Å². The van der Waals surface area contributed by atoms with Crippen LogP contribution in [-0.2, 0) is 0 Å². The molecular formula is C27H28F2N4O. The molecule has 2 aliphatic heterocycles. The van der Waals surface area contributed by atoms with Gasteiger partial charge in [-0.3, -0.25) is 9.69 Å². The fourth-order valence-corrected chi connectivity index (χ4v) is 5.00. The van der Waals surface area contributed by atoms with Gasteiger partial charge in [0.1, 0.15) is 17.5 Å². The zero-order valence-corrected chi connectivity index (χ0v) is 19.0. The van der Waals surface area contributed by atoms with Crippen molar-refractivity contribution >= 4 is 11.7 Å². The van der Waals surface area contributed by atoms with Crippen molar-refractivity contribution in [2.75, 3.05) is 44.2 Å². The summed E-state index contributed by atoms with van der Waals surface area (Å²) in [6, 6.07) is 16.5. The molecule has 5 nitrogen and oxygen atoms in total. The van der Waals surface area contributed by atoms with Gasteiger partial charge in [-0.25, -0.2) is 13.8 Å². The zero-order chi connectivity index (χ0) is 23.5. The van der Waals surface area contributed by atoms with Crippen molar-refractivity contribution in [2.45, 2.75) is 18.9 Å². The Morgan fingerprint density at radius 2 is 1.32 bits per heavy atom. The van der Waals surface area contributed by atoms with E-state index in [4.69, 9.17) is 0 Å². The number of carbonyl (C=O) groups excluding carboxylic acids is 1. The van der Waals surface area contributed by atoms with Crippen LogP contribution in [0.5, 0.6) is 0 Å². The lowest BCUT2D eigenvalue weighted by atomic mass is 9.96. The van der Waals surface area contributed by atoms with E-state index in [2.05, 4.69) is 14.8 Å². The first-order chi connectivity index (χ1) is 16.6. The van der Waals surface area contributed by atoms with E-state index in [1.54, 1.807) is 30.5 Å². The number of benzene rings is 2. The minimum Gasteiger partial charge on any atom is -0.356 e. The third kappa shape index (κ3) is 4.66. The van der Waals surface area contributed by atoms with Crippen LogP contribution in [0.15, 0.2) is 66.9 Å². The summed E-state index contributed by atoms with van der Waals surface area (Å²) in [5.74, 6) is 0.210. The van der Waals surface area contributed by atoms with Crippen LogP contribution >= 0.6 is 0 Å². The molecule has 2 saturated heterocycles. The lowest BCUT2D eigenvalue weighted by molar-refractivity contribution is 0.0597. The summed E-state index contributed by atoms with van der Waals surface area (Å²) < 4.78 is 27.2. The highest BCUT2D eigenvalue weighted by atomic mass is 19.1. The van der Waals surface area contributed by atoms with Gasteiger partial charge in [-0.2, -0.15) is 0 Å². The Morgan fingerprint density at radius 3 is 1.88 bits per heavy atom. The summed E-state index contributed by atoms with van der Waals surface area (Å²) in [6.07, 6.45) is 3.99. The fraction of sp³-hybridized carbons (Fsp3) is 0.333. The second-order valence-electron chi connectivity index (χ2n) is 8.90. The highest BCUT2D eigenvalue weighted by molar-refractivity contribution is 5.99. The minimum atomic E-state index is -0.290. The standard InChI is InChI=1S/C27H28F2N4O/c28-22-9-5-20(6-10-22)25(21-7-11-23(29)12-8-21)31-16-18-33(19-17-31)27(34)24-4-3-13-30-26(24)32-14-1-2-15-32/h3-13,25H,1-2,14-19H2. The summed E-state index contributed by atoms with van der Waals surface area (Å²) in [5, 5.41) is 0. The number of aromatic nitrogens is 1. The molecule has 2 aromatic carbocycles. The van der Waals surface area contributed by atoms with Crippen molar-refractivity contribution in [3.63, 3.8) is 0 Å². The summed E-state index contributed by atoms with van der Waals surface area (Å²) >= 11 is 0. The Morgan fingerprint density at radius 1 is 0.765 bits per heavy atom. The smallest absolute Gasteiger partial charge is 0.257 e. The number of halogens is 2. The van der Waals surface area contributed by atoms with Crippen molar-refractivity contribution in [1.82, 2.24) is 14.8 Å². The van der Waals surface area contributed by atoms with E-state index in [0.29, 0.717) is 31.7 Å². The second kappa shape index (κ2) is 9.89. The quantitative estimate of drug-likeness (QED) is 0.560. The molecule has 7 heteroatoms. The summed E-state index contributed by atoms with van der Waals surface area (Å²) in [7, 11) is 0. The number of hydrogen-bond acceptors (Lipinski definition) is 4. The summed E-state index contributed by atoms with van der Waals surface area (Å²) in [6.45, 7) is 4.33. The first-order valence-corrected chi connectivity index (χ1v) is 11.8. The molecule has 3 aromatic rings. The number of piperazine rings is 1. The van der Waals surface area contributed by atoms with Gasteiger partial charge in [-0.05, 0) is 60.4 Å². The lowest BCUT2D eigenvalue weighted by Crippen LogP contribution is -2.50. The third-order valence-corrected chi connectivity index (χ3v) is 6.76. The van der Waals surface area contributed by atoms with Crippen molar-refractivity contribution in [2.24, 2.45) is 0 Å². The van der Waals surface area contributed by atoms with Crippen LogP contribution < -0.4 is 4.90 Å². The van der Waals surface area contributed by atoms with E-state index in [1.165, 1.54) is 24.3 Å². The average molecular weight is 463 g/mol. The van der Waals surface area contributed by atoms with Crippen LogP contribution in [0.4, 0.5) is 14.6 Å². The van der Waals surface area contributed by atoms with Gasteiger partial charge in [0, 0.05) is 45.5 Å². The predicted molar refractivity (Wildman–Crippen MR) is 128 cm³/mol. The largest absolute Gasteiger partial charge is 0.356 e. The van der Waals surface area contributed by atoms with Crippen molar-refractivity contribution in [3.8, 4) is 0 Å². The Balaban J connectivity index is 1.34. The number of amides is 1. The monoisotopic (exact) mass is 462 g/mol. The Kier molecular flexibility index (Phi) is 6.54. The lowest BCUT2D eigenvalue weighted by Gasteiger charge is -2.40. The van der Waals surface area contributed by atoms with Crippen LogP contribution in [0.25, 0.3) is 0 Å². The summed E-state index contributed by atoms with van der Waals surface area (Å²) in [4.78, 5) is 24.3. The maximum absolute atomic E-state index is 13.6. The first kappa shape index (κ1) is 22.5. The molecule has 2 fully saturated rings. The van der Waals surface area contributed by atoms with Gasteiger partial charge in [0.25, 0.3) is 5.91 Å². The van der Waals surface area contributed by atoms with Crippen molar-refractivity contribution < 1.29 is 13.6 Å². The zero-order valence-electron chi connectivity index (χ0n) is 19.0. The van der Waals surface area contributed by atoms with Gasteiger partial charge in [-0.1, -0.05) is 24.3 Å². The van der Waals surface area contributed by atoms with E-state index in [-0.39, 0.29) is 23.6 Å². The summed E-state index contributed by atoms with van der Waals surface area (Å²) in [5.41, 5.74) is 2.54. The highest BCUT2D eigenvalue weighted by Crippen LogP contribution is 2.31. The molecule has 3 heterocycles. The highest BCUT2D eigenvalue weighted by Gasteiger charge is 2.30. The van der Waals surface area contributed by atoms with E-state index in [9.17, 15) is 13.6 Å². The molecule has 0 aliphatic carbocycles. The average Bonchev–Trinajstić information content (AvgIpc) is 3.41. The van der Waals surface area contributed by atoms with Crippen LogP contribution in [0.2, 0.25) is 0 Å². The molecule has 1 amide bonds. The minimum absolute atomic E-state index is 0.00904. The van der Waals surface area contributed by atoms with Crippen molar-refractivity contribution in [1.29, 1.82) is 0 Å². The van der Waals surface area contributed by atoms with Crippen LogP contribution in [0, 0.1) is 11.6 Å². The Hall–Kier alpha value is -3.32. The molecule has 34 heavy (non-hydrogen) atoms. The van der Waals surface area contributed by atoms with Gasteiger partial charge in [0.05, 0.1) is 11.6 Å². The first-order valence-electron chi connectivity index (χ1n) is 11.8.